The average molecular weight is 462 g/mol. The zero-order valence-electron chi connectivity index (χ0n) is 15.5. The number of aromatic nitrogens is 2. The van der Waals surface area contributed by atoms with Gasteiger partial charge in [0.25, 0.3) is 5.91 Å². The van der Waals surface area contributed by atoms with Crippen LogP contribution < -0.4 is 16.4 Å². The van der Waals surface area contributed by atoms with Crippen molar-refractivity contribution in [3.05, 3.63) is 70.0 Å². The van der Waals surface area contributed by atoms with Crippen LogP contribution in [0.3, 0.4) is 0 Å². The van der Waals surface area contributed by atoms with Gasteiger partial charge in [0.05, 0.1) is 11.3 Å². The van der Waals surface area contributed by atoms with E-state index in [1.807, 2.05) is 0 Å². The van der Waals surface area contributed by atoms with Crippen LogP contribution in [0.25, 0.3) is 11.3 Å². The van der Waals surface area contributed by atoms with E-state index in [0.717, 1.165) is 5.56 Å². The fourth-order valence-electron chi connectivity index (χ4n) is 2.86. The summed E-state index contributed by atoms with van der Waals surface area (Å²) in [6.07, 6.45) is 1.54. The van der Waals surface area contributed by atoms with Gasteiger partial charge < -0.3 is 16.4 Å². The van der Waals surface area contributed by atoms with Crippen molar-refractivity contribution in [2.45, 2.75) is 6.42 Å². The van der Waals surface area contributed by atoms with E-state index in [0.29, 0.717) is 27.2 Å². The molecule has 1 aromatic heterocycles. The minimum Gasteiger partial charge on any atom is -0.387 e. The highest BCUT2D eigenvalue weighted by atomic mass is 79.9. The van der Waals surface area contributed by atoms with Crippen LogP contribution in [0.1, 0.15) is 15.9 Å². The molecule has 1 amide bonds. The van der Waals surface area contributed by atoms with E-state index in [1.54, 1.807) is 31.3 Å². The van der Waals surface area contributed by atoms with Crippen LogP contribution in [-0.4, -0.2) is 29.5 Å². The Morgan fingerprint density at radius 2 is 1.86 bits per heavy atom. The molecule has 1 heterocycles. The maximum atomic E-state index is 13.9. The van der Waals surface area contributed by atoms with E-state index in [2.05, 4.69) is 36.5 Å². The zero-order valence-corrected chi connectivity index (χ0v) is 17.1. The van der Waals surface area contributed by atoms with E-state index in [-0.39, 0.29) is 18.5 Å². The van der Waals surface area contributed by atoms with Crippen LogP contribution in [0.5, 0.6) is 0 Å². The number of nitrogens with one attached hydrogen (secondary N) is 2. The van der Waals surface area contributed by atoms with E-state index >= 15 is 0 Å². The fraction of sp³-hybridized carbons (Fsp3) is 0.150. The predicted molar refractivity (Wildman–Crippen MR) is 112 cm³/mol. The van der Waals surface area contributed by atoms with Crippen molar-refractivity contribution in [2.75, 3.05) is 24.2 Å². The van der Waals surface area contributed by atoms with Crippen LogP contribution in [0.4, 0.5) is 20.3 Å². The molecule has 0 fully saturated rings. The van der Waals surface area contributed by atoms with Crippen molar-refractivity contribution in [2.24, 2.45) is 5.73 Å². The second-order valence-electron chi connectivity index (χ2n) is 6.19. The molecule has 0 unspecified atom stereocenters. The summed E-state index contributed by atoms with van der Waals surface area (Å²) < 4.78 is 28.2. The lowest BCUT2D eigenvalue weighted by molar-refractivity contribution is 0.100. The molecule has 0 radical (unpaired) electrons. The second-order valence-corrected chi connectivity index (χ2v) is 7.10. The standard InChI is InChI=1S/C20H18BrF2N5O/c1-25-18-6-11(2-3-14(18)20(24)29)17-9-19(28-10-27-17)26-5-4-13-15(22)7-12(21)8-16(13)23/h2-3,6-10,25H,4-5H2,1H3,(H2,24,29)(H,26,27,28). The van der Waals surface area contributed by atoms with Gasteiger partial charge in [0.15, 0.2) is 0 Å². The number of nitrogens with zero attached hydrogens (tertiary/aromatic N) is 2. The SMILES string of the molecule is CNc1cc(-c2cc(NCCc3c(F)cc(Br)cc3F)ncn2)ccc1C(N)=O. The average Bonchev–Trinajstić information content (AvgIpc) is 2.69. The number of carbonyl (C=O) groups is 1. The number of rotatable bonds is 7. The molecule has 6 nitrogen and oxygen atoms in total. The van der Waals surface area contributed by atoms with Crippen LogP contribution in [0.2, 0.25) is 0 Å². The van der Waals surface area contributed by atoms with E-state index in [1.165, 1.54) is 18.5 Å². The van der Waals surface area contributed by atoms with Crippen LogP contribution in [0.15, 0.2) is 47.2 Å². The number of hydrogen-bond acceptors (Lipinski definition) is 5. The second kappa shape index (κ2) is 8.95. The van der Waals surface area contributed by atoms with Crippen molar-refractivity contribution in [1.82, 2.24) is 9.97 Å². The topological polar surface area (TPSA) is 92.9 Å². The number of benzene rings is 2. The van der Waals surface area contributed by atoms with Crippen molar-refractivity contribution < 1.29 is 13.6 Å². The van der Waals surface area contributed by atoms with Crippen molar-refractivity contribution >= 4 is 33.3 Å². The fourth-order valence-corrected chi connectivity index (χ4v) is 3.27. The third-order valence-electron chi connectivity index (χ3n) is 4.30. The van der Waals surface area contributed by atoms with E-state index in [4.69, 9.17) is 5.73 Å². The smallest absolute Gasteiger partial charge is 0.250 e. The molecule has 4 N–H and O–H groups in total. The lowest BCUT2D eigenvalue weighted by Gasteiger charge is -2.11. The molecule has 2 aromatic carbocycles. The maximum Gasteiger partial charge on any atom is 0.250 e. The summed E-state index contributed by atoms with van der Waals surface area (Å²) >= 11 is 3.06. The van der Waals surface area contributed by atoms with Gasteiger partial charge in [-0.15, -0.1) is 0 Å². The monoisotopic (exact) mass is 461 g/mol. The highest BCUT2D eigenvalue weighted by Crippen LogP contribution is 2.25. The molecule has 0 aliphatic heterocycles. The Bertz CT molecular complexity index is 1040. The van der Waals surface area contributed by atoms with Gasteiger partial charge >= 0.3 is 0 Å². The molecule has 0 bridgehead atoms. The molecule has 150 valence electrons. The number of amides is 1. The highest BCUT2D eigenvalue weighted by Gasteiger charge is 2.12. The summed E-state index contributed by atoms with van der Waals surface area (Å²) in [5, 5.41) is 5.98. The van der Waals surface area contributed by atoms with Crippen molar-refractivity contribution in [3.8, 4) is 11.3 Å². The normalized spacial score (nSPS) is 10.6. The molecule has 0 saturated carbocycles. The van der Waals surface area contributed by atoms with Crippen molar-refractivity contribution in [1.29, 1.82) is 0 Å². The third kappa shape index (κ3) is 4.86. The first-order valence-corrected chi connectivity index (χ1v) is 9.49. The van der Waals surface area contributed by atoms with Gasteiger partial charge in [-0.1, -0.05) is 22.0 Å². The molecule has 0 spiro atoms. The zero-order chi connectivity index (χ0) is 21.0. The molecular weight excluding hydrogens is 444 g/mol. The van der Waals surface area contributed by atoms with Crippen LogP contribution >= 0.6 is 15.9 Å². The molecule has 0 atom stereocenters. The van der Waals surface area contributed by atoms with Crippen LogP contribution in [0, 0.1) is 11.6 Å². The number of nitrogens with two attached hydrogens (primary N) is 1. The van der Waals surface area contributed by atoms with Gasteiger partial charge in [-0.2, -0.15) is 0 Å². The predicted octanol–water partition coefficient (Wildman–Crippen LogP) is 3.98. The van der Waals surface area contributed by atoms with Gasteiger partial charge in [-0.25, -0.2) is 18.7 Å². The number of halogens is 3. The van der Waals surface area contributed by atoms with Gasteiger partial charge in [0.1, 0.15) is 23.8 Å². The van der Waals surface area contributed by atoms with Crippen molar-refractivity contribution in [3.63, 3.8) is 0 Å². The van der Waals surface area contributed by atoms with Gasteiger partial charge in [0, 0.05) is 40.9 Å². The first-order valence-electron chi connectivity index (χ1n) is 8.70. The quantitative estimate of drug-likeness (QED) is 0.494. The summed E-state index contributed by atoms with van der Waals surface area (Å²) in [6.45, 7) is 0.286. The molecular formula is C20H18BrF2N5O. The molecule has 3 aromatic rings. The minimum absolute atomic E-state index is 0.00989. The van der Waals surface area contributed by atoms with E-state index < -0.39 is 17.5 Å². The lowest BCUT2D eigenvalue weighted by atomic mass is 10.1. The highest BCUT2D eigenvalue weighted by molar-refractivity contribution is 9.10. The summed E-state index contributed by atoms with van der Waals surface area (Å²) in [6, 6.07) is 9.30. The molecule has 3 rings (SSSR count). The molecule has 29 heavy (non-hydrogen) atoms. The first kappa shape index (κ1) is 20.7. The number of primary amides is 1. The maximum absolute atomic E-state index is 13.9. The molecule has 0 saturated heterocycles. The Labute approximate surface area is 174 Å². The Morgan fingerprint density at radius 3 is 2.52 bits per heavy atom. The van der Waals surface area contributed by atoms with Crippen LogP contribution in [-0.2, 0) is 6.42 Å². The number of hydrogen-bond donors (Lipinski definition) is 3. The van der Waals surface area contributed by atoms with Gasteiger partial charge in [-0.05, 0) is 30.7 Å². The Morgan fingerprint density at radius 1 is 1.14 bits per heavy atom. The Kier molecular flexibility index (Phi) is 6.38. The van der Waals surface area contributed by atoms with Gasteiger partial charge in [0.2, 0.25) is 0 Å². The number of carbonyl (C=O) groups excluding carboxylic acids is 1. The summed E-state index contributed by atoms with van der Waals surface area (Å²) in [5.74, 6) is -1.22. The minimum atomic E-state index is -0.601. The Hall–Kier alpha value is -3.07. The lowest BCUT2D eigenvalue weighted by Crippen LogP contribution is -2.13. The molecule has 9 heteroatoms. The molecule has 0 aliphatic rings. The molecule has 0 aliphatic carbocycles. The van der Waals surface area contributed by atoms with E-state index in [9.17, 15) is 13.6 Å². The summed E-state index contributed by atoms with van der Waals surface area (Å²) in [5.41, 5.74) is 7.72. The Balaban J connectivity index is 1.74. The number of anilines is 2. The third-order valence-corrected chi connectivity index (χ3v) is 4.76. The van der Waals surface area contributed by atoms with Gasteiger partial charge in [-0.3, -0.25) is 4.79 Å². The largest absolute Gasteiger partial charge is 0.387 e. The summed E-state index contributed by atoms with van der Waals surface area (Å²) in [7, 11) is 1.69. The summed E-state index contributed by atoms with van der Waals surface area (Å²) in [4.78, 5) is 19.9. The first-order chi connectivity index (χ1) is 13.9.